The highest BCUT2D eigenvalue weighted by Gasteiger charge is 2.34. The van der Waals surface area contributed by atoms with Crippen molar-refractivity contribution < 1.29 is 9.15 Å². The summed E-state index contributed by atoms with van der Waals surface area (Å²) in [6, 6.07) is 0. The summed E-state index contributed by atoms with van der Waals surface area (Å²) in [7, 11) is 0. The van der Waals surface area contributed by atoms with Crippen LogP contribution in [0, 0.1) is 5.41 Å². The third-order valence-electron chi connectivity index (χ3n) is 6.22. The van der Waals surface area contributed by atoms with Crippen molar-refractivity contribution in [3.63, 3.8) is 0 Å². The molecule has 1 aromatic heterocycles. The molecule has 2 heterocycles. The Morgan fingerprint density at radius 2 is 1.87 bits per heavy atom. The van der Waals surface area contributed by atoms with Gasteiger partial charge >= 0.3 is 0 Å². The van der Waals surface area contributed by atoms with Gasteiger partial charge in [0.2, 0.25) is 5.89 Å². The van der Waals surface area contributed by atoms with Crippen LogP contribution in [0.15, 0.2) is 15.6 Å². The molecular formula is C23H42IN5O2. The molecule has 1 aliphatic carbocycles. The number of aliphatic imine (C=N–C) groups is 1. The first kappa shape index (κ1) is 26.4. The minimum atomic E-state index is -0.0371. The molecule has 0 atom stereocenters. The van der Waals surface area contributed by atoms with Gasteiger partial charge in [0, 0.05) is 43.6 Å². The van der Waals surface area contributed by atoms with Crippen LogP contribution in [0.4, 0.5) is 0 Å². The predicted molar refractivity (Wildman–Crippen MR) is 136 cm³/mol. The minimum absolute atomic E-state index is 0. The van der Waals surface area contributed by atoms with E-state index in [1.165, 1.54) is 32.1 Å². The zero-order valence-corrected chi connectivity index (χ0v) is 22.2. The zero-order chi connectivity index (χ0) is 21.5. The van der Waals surface area contributed by atoms with E-state index >= 15 is 0 Å². The van der Waals surface area contributed by atoms with Crippen LogP contribution in [-0.4, -0.2) is 61.8 Å². The first-order chi connectivity index (χ1) is 14.4. The Morgan fingerprint density at radius 1 is 1.16 bits per heavy atom. The number of hydrogen-bond donors (Lipinski definition) is 2. The van der Waals surface area contributed by atoms with Gasteiger partial charge in [0.05, 0.1) is 19.4 Å². The smallest absolute Gasteiger partial charge is 0.216 e. The Labute approximate surface area is 205 Å². The van der Waals surface area contributed by atoms with E-state index in [2.05, 4.69) is 48.2 Å². The van der Waals surface area contributed by atoms with Crippen molar-refractivity contribution in [2.45, 2.75) is 71.8 Å². The van der Waals surface area contributed by atoms with Crippen molar-refractivity contribution in [1.29, 1.82) is 0 Å². The van der Waals surface area contributed by atoms with Crippen LogP contribution in [0.3, 0.4) is 0 Å². The highest BCUT2D eigenvalue weighted by atomic mass is 127. The molecule has 0 aromatic carbocycles. The average molecular weight is 548 g/mol. The summed E-state index contributed by atoms with van der Waals surface area (Å²) >= 11 is 0. The first-order valence-electron chi connectivity index (χ1n) is 11.7. The molecule has 7 nitrogen and oxygen atoms in total. The Morgan fingerprint density at radius 3 is 2.48 bits per heavy atom. The van der Waals surface area contributed by atoms with E-state index in [0.717, 1.165) is 57.7 Å². The summed E-state index contributed by atoms with van der Waals surface area (Å²) in [5, 5.41) is 7.03. The number of oxazole rings is 1. The van der Waals surface area contributed by atoms with Gasteiger partial charge in [-0.25, -0.2) is 9.98 Å². The molecular weight excluding hydrogens is 505 g/mol. The van der Waals surface area contributed by atoms with E-state index in [1.807, 2.05) is 6.20 Å². The fourth-order valence-electron chi connectivity index (χ4n) is 4.42. The number of ether oxygens (including phenoxy) is 1. The van der Waals surface area contributed by atoms with Gasteiger partial charge < -0.3 is 19.8 Å². The highest BCUT2D eigenvalue weighted by molar-refractivity contribution is 14.0. The normalized spacial score (nSPS) is 20.2. The van der Waals surface area contributed by atoms with Gasteiger partial charge in [0.25, 0.3) is 0 Å². The number of nitrogens with one attached hydrogen (secondary N) is 2. The molecule has 3 rings (SSSR count). The lowest BCUT2D eigenvalue weighted by molar-refractivity contribution is 0.00820. The van der Waals surface area contributed by atoms with E-state index in [9.17, 15) is 0 Å². The van der Waals surface area contributed by atoms with Gasteiger partial charge in [-0.2, -0.15) is 0 Å². The standard InChI is InChI=1S/C23H41N5O2.HI/c1-5-24-21(26-16-20-25-15-19(30-20)22(2,3)4)27-17-23(9-7-6-8-10-23)18-28-11-13-29-14-12-28;/h15H,5-14,16-18H2,1-4H3,(H2,24,26,27);1H. The molecule has 2 fully saturated rings. The maximum atomic E-state index is 5.90. The lowest BCUT2D eigenvalue weighted by Crippen LogP contribution is -2.51. The van der Waals surface area contributed by atoms with Crippen LogP contribution in [0.25, 0.3) is 0 Å². The van der Waals surface area contributed by atoms with Crippen molar-refractivity contribution in [1.82, 2.24) is 20.5 Å². The summed E-state index contributed by atoms with van der Waals surface area (Å²) < 4.78 is 11.4. The van der Waals surface area contributed by atoms with E-state index < -0.39 is 0 Å². The van der Waals surface area contributed by atoms with E-state index in [1.54, 1.807) is 0 Å². The third kappa shape index (κ3) is 8.20. The van der Waals surface area contributed by atoms with Crippen LogP contribution in [0.2, 0.25) is 0 Å². The second kappa shape index (κ2) is 12.4. The number of hydrogen-bond acceptors (Lipinski definition) is 5. The Kier molecular flexibility index (Phi) is 10.5. The number of rotatable bonds is 7. The van der Waals surface area contributed by atoms with Crippen LogP contribution in [-0.2, 0) is 16.7 Å². The zero-order valence-electron chi connectivity index (χ0n) is 19.8. The molecule has 178 valence electrons. The van der Waals surface area contributed by atoms with E-state index in [4.69, 9.17) is 14.1 Å². The van der Waals surface area contributed by atoms with Gasteiger partial charge in [0.15, 0.2) is 5.96 Å². The molecule has 2 N–H and O–H groups in total. The molecule has 1 saturated heterocycles. The fourth-order valence-corrected chi connectivity index (χ4v) is 4.42. The first-order valence-corrected chi connectivity index (χ1v) is 11.7. The molecule has 0 bridgehead atoms. The lowest BCUT2D eigenvalue weighted by atomic mass is 9.73. The summed E-state index contributed by atoms with van der Waals surface area (Å²) in [4.78, 5) is 11.7. The van der Waals surface area contributed by atoms with Crippen molar-refractivity contribution in [3.8, 4) is 0 Å². The maximum absolute atomic E-state index is 5.90. The highest BCUT2D eigenvalue weighted by Crippen LogP contribution is 2.36. The van der Waals surface area contributed by atoms with Gasteiger partial charge in [-0.15, -0.1) is 24.0 Å². The minimum Gasteiger partial charge on any atom is -0.443 e. The summed E-state index contributed by atoms with van der Waals surface area (Å²) in [6.45, 7) is 15.7. The van der Waals surface area contributed by atoms with Gasteiger partial charge in [-0.3, -0.25) is 4.90 Å². The Hall–Kier alpha value is -0.870. The summed E-state index contributed by atoms with van der Waals surface area (Å²) in [6.07, 6.45) is 8.40. The van der Waals surface area contributed by atoms with Crippen LogP contribution in [0.5, 0.6) is 0 Å². The largest absolute Gasteiger partial charge is 0.443 e. The molecule has 0 amide bonds. The number of morpholine rings is 1. The molecule has 0 radical (unpaired) electrons. The topological polar surface area (TPSA) is 74.9 Å². The monoisotopic (exact) mass is 547 g/mol. The SMILES string of the molecule is CCNC(=NCc1ncc(C(C)(C)C)o1)NCC1(CN2CCOCC2)CCCCC1.I. The maximum Gasteiger partial charge on any atom is 0.216 e. The third-order valence-corrected chi connectivity index (χ3v) is 6.22. The average Bonchev–Trinajstić information content (AvgIpc) is 3.21. The molecule has 0 spiro atoms. The van der Waals surface area contributed by atoms with Crippen LogP contribution in [0.1, 0.15) is 71.5 Å². The molecule has 1 aliphatic heterocycles. The van der Waals surface area contributed by atoms with Crippen molar-refractivity contribution in [3.05, 3.63) is 17.8 Å². The molecule has 0 unspecified atom stereocenters. The van der Waals surface area contributed by atoms with E-state index in [0.29, 0.717) is 17.9 Å². The van der Waals surface area contributed by atoms with E-state index in [-0.39, 0.29) is 29.4 Å². The van der Waals surface area contributed by atoms with Gasteiger partial charge in [0.1, 0.15) is 12.3 Å². The lowest BCUT2D eigenvalue weighted by Gasteiger charge is -2.42. The molecule has 2 aliphatic rings. The second-order valence-corrected chi connectivity index (χ2v) is 9.87. The van der Waals surface area contributed by atoms with Crippen molar-refractivity contribution >= 4 is 29.9 Å². The van der Waals surface area contributed by atoms with Crippen molar-refractivity contribution in [2.75, 3.05) is 45.9 Å². The number of aromatic nitrogens is 1. The molecule has 8 heteroatoms. The summed E-state index contributed by atoms with van der Waals surface area (Å²) in [5.74, 6) is 2.41. The Balaban J connectivity index is 0.00000341. The second-order valence-electron chi connectivity index (χ2n) is 9.87. The number of nitrogens with zero attached hydrogens (tertiary/aromatic N) is 3. The molecule has 1 saturated carbocycles. The number of guanidine groups is 1. The molecule has 31 heavy (non-hydrogen) atoms. The predicted octanol–water partition coefficient (Wildman–Crippen LogP) is 3.93. The summed E-state index contributed by atoms with van der Waals surface area (Å²) in [5.41, 5.74) is 0.276. The van der Waals surface area contributed by atoms with Crippen molar-refractivity contribution in [2.24, 2.45) is 10.4 Å². The molecule has 1 aromatic rings. The Bertz CT molecular complexity index is 674. The van der Waals surface area contributed by atoms with Crippen LogP contribution < -0.4 is 10.6 Å². The number of halogens is 1. The van der Waals surface area contributed by atoms with Gasteiger partial charge in [-0.05, 0) is 19.8 Å². The quantitative estimate of drug-likeness (QED) is 0.306. The van der Waals surface area contributed by atoms with Crippen LogP contribution >= 0.6 is 24.0 Å². The fraction of sp³-hybridized carbons (Fsp3) is 0.826. The van der Waals surface area contributed by atoms with Gasteiger partial charge in [-0.1, -0.05) is 40.0 Å².